The van der Waals surface area contributed by atoms with E-state index in [1.54, 1.807) is 0 Å². The van der Waals surface area contributed by atoms with Gasteiger partial charge in [-0.25, -0.2) is 0 Å². The molecule has 0 spiro atoms. The number of nitrogens with two attached hydrogens (primary N) is 1. The second-order valence-electron chi connectivity index (χ2n) is 4.58. The van der Waals surface area contributed by atoms with Crippen LogP contribution in [0.5, 0.6) is 0 Å². The van der Waals surface area contributed by atoms with E-state index in [2.05, 4.69) is 30.0 Å². The number of likely N-dealkylation sites (N-methyl/N-ethyl adjacent to an activating group) is 1. The average Bonchev–Trinajstić information content (AvgIpc) is 2.32. The van der Waals surface area contributed by atoms with Crippen LogP contribution in [0, 0.1) is 24.2 Å². The van der Waals surface area contributed by atoms with Crippen molar-refractivity contribution in [1.29, 1.82) is 5.26 Å². The predicted molar refractivity (Wildman–Crippen MR) is 70.4 cm³/mol. The summed E-state index contributed by atoms with van der Waals surface area (Å²) in [6.45, 7) is 5.34. The first-order valence-corrected chi connectivity index (χ1v) is 5.95. The maximum Gasteiger partial charge on any atom is 0.0666 e. The van der Waals surface area contributed by atoms with Gasteiger partial charge in [0.25, 0.3) is 0 Å². The highest BCUT2D eigenvalue weighted by molar-refractivity contribution is 5.29. The van der Waals surface area contributed by atoms with Gasteiger partial charge in [0, 0.05) is 19.1 Å². The minimum Gasteiger partial charge on any atom is -0.329 e. The van der Waals surface area contributed by atoms with Gasteiger partial charge in [-0.15, -0.1) is 0 Å². The summed E-state index contributed by atoms with van der Waals surface area (Å²) in [5.74, 6) is 0.0260. The Morgan fingerprint density at radius 1 is 1.41 bits per heavy atom. The molecular weight excluding hydrogens is 210 g/mol. The van der Waals surface area contributed by atoms with E-state index in [0.717, 1.165) is 6.54 Å². The van der Waals surface area contributed by atoms with E-state index >= 15 is 0 Å². The Labute approximate surface area is 104 Å². The van der Waals surface area contributed by atoms with Gasteiger partial charge in [0.05, 0.1) is 12.0 Å². The van der Waals surface area contributed by atoms with Gasteiger partial charge in [-0.1, -0.05) is 24.3 Å². The first kappa shape index (κ1) is 13.7. The van der Waals surface area contributed by atoms with Crippen LogP contribution in [0.15, 0.2) is 24.3 Å². The maximum atomic E-state index is 8.86. The number of rotatable bonds is 5. The molecule has 1 aromatic carbocycles. The van der Waals surface area contributed by atoms with Crippen molar-refractivity contribution in [1.82, 2.24) is 4.90 Å². The molecule has 0 amide bonds. The monoisotopic (exact) mass is 231 g/mol. The molecule has 2 atom stereocenters. The Balaban J connectivity index is 2.85. The van der Waals surface area contributed by atoms with E-state index in [4.69, 9.17) is 11.0 Å². The molecule has 1 rings (SSSR count). The van der Waals surface area contributed by atoms with Crippen LogP contribution < -0.4 is 5.73 Å². The predicted octanol–water partition coefficient (Wildman–Crippen LogP) is 2.09. The SMILES string of the molecule is Cc1ccccc1C(CN)N(C)CC(C)C#N. The Hall–Kier alpha value is -1.37. The molecule has 0 aliphatic rings. The zero-order chi connectivity index (χ0) is 12.8. The van der Waals surface area contributed by atoms with Gasteiger partial charge in [-0.3, -0.25) is 4.90 Å². The van der Waals surface area contributed by atoms with Crippen molar-refractivity contribution in [2.24, 2.45) is 11.7 Å². The van der Waals surface area contributed by atoms with Gasteiger partial charge < -0.3 is 5.73 Å². The number of hydrogen-bond acceptors (Lipinski definition) is 3. The molecular formula is C14H21N3. The largest absolute Gasteiger partial charge is 0.329 e. The Bertz CT molecular complexity index is 395. The molecule has 1 aromatic rings. The molecule has 92 valence electrons. The lowest BCUT2D eigenvalue weighted by molar-refractivity contribution is 0.233. The number of nitrogens with zero attached hydrogens (tertiary/aromatic N) is 2. The van der Waals surface area contributed by atoms with E-state index in [-0.39, 0.29) is 12.0 Å². The Morgan fingerprint density at radius 2 is 2.06 bits per heavy atom. The topological polar surface area (TPSA) is 53.0 Å². The Kier molecular flexibility index (Phi) is 5.14. The standard InChI is InChI=1S/C14H21N3/c1-11(8-15)10-17(3)14(9-16)13-7-5-4-6-12(13)2/h4-7,11,14H,9-10,16H2,1-3H3. The molecule has 3 nitrogen and oxygen atoms in total. The lowest BCUT2D eigenvalue weighted by Gasteiger charge is -2.29. The molecule has 0 aliphatic carbocycles. The molecule has 0 radical (unpaired) electrons. The molecule has 0 heterocycles. The summed E-state index contributed by atoms with van der Waals surface area (Å²) in [6.07, 6.45) is 0. The van der Waals surface area contributed by atoms with Gasteiger partial charge in [0.1, 0.15) is 0 Å². The summed E-state index contributed by atoms with van der Waals surface area (Å²) in [5, 5.41) is 8.86. The molecule has 17 heavy (non-hydrogen) atoms. The van der Waals surface area contributed by atoms with Crippen LogP contribution in [0.1, 0.15) is 24.1 Å². The van der Waals surface area contributed by atoms with Gasteiger partial charge >= 0.3 is 0 Å². The van der Waals surface area contributed by atoms with Crippen LogP contribution in [0.2, 0.25) is 0 Å². The second-order valence-corrected chi connectivity index (χ2v) is 4.58. The summed E-state index contributed by atoms with van der Waals surface area (Å²) in [7, 11) is 2.03. The van der Waals surface area contributed by atoms with Crippen LogP contribution in [-0.4, -0.2) is 25.0 Å². The number of benzene rings is 1. The molecule has 2 unspecified atom stereocenters. The lowest BCUT2D eigenvalue weighted by atomic mass is 9.99. The highest BCUT2D eigenvalue weighted by atomic mass is 15.1. The van der Waals surface area contributed by atoms with Crippen molar-refractivity contribution < 1.29 is 0 Å². The van der Waals surface area contributed by atoms with Crippen LogP contribution in [0.4, 0.5) is 0 Å². The number of hydrogen-bond donors (Lipinski definition) is 1. The van der Waals surface area contributed by atoms with Crippen LogP contribution in [-0.2, 0) is 0 Å². The molecule has 3 heteroatoms. The van der Waals surface area contributed by atoms with Gasteiger partial charge in [0.2, 0.25) is 0 Å². The van der Waals surface area contributed by atoms with Crippen LogP contribution in [0.25, 0.3) is 0 Å². The van der Waals surface area contributed by atoms with Gasteiger partial charge in [0.15, 0.2) is 0 Å². The summed E-state index contributed by atoms with van der Waals surface area (Å²) >= 11 is 0. The molecule has 2 N–H and O–H groups in total. The maximum absolute atomic E-state index is 8.86. The second kappa shape index (κ2) is 6.39. The molecule has 0 fully saturated rings. The normalized spacial score (nSPS) is 14.4. The average molecular weight is 231 g/mol. The lowest BCUT2D eigenvalue weighted by Crippen LogP contribution is -2.33. The van der Waals surface area contributed by atoms with Crippen LogP contribution in [0.3, 0.4) is 0 Å². The summed E-state index contributed by atoms with van der Waals surface area (Å²) < 4.78 is 0. The van der Waals surface area contributed by atoms with E-state index in [0.29, 0.717) is 6.54 Å². The third-order valence-electron chi connectivity index (χ3n) is 3.09. The number of aryl methyl sites for hydroxylation is 1. The molecule has 0 saturated heterocycles. The minimum atomic E-state index is 0.0260. The van der Waals surface area contributed by atoms with Gasteiger partial charge in [-0.05, 0) is 32.0 Å². The minimum absolute atomic E-state index is 0.0260. The van der Waals surface area contributed by atoms with Crippen molar-refractivity contribution in [3.63, 3.8) is 0 Å². The molecule has 0 aromatic heterocycles. The Morgan fingerprint density at radius 3 is 2.59 bits per heavy atom. The fraction of sp³-hybridized carbons (Fsp3) is 0.500. The van der Waals surface area contributed by atoms with Crippen LogP contribution >= 0.6 is 0 Å². The van der Waals surface area contributed by atoms with E-state index in [1.807, 2.05) is 26.1 Å². The quantitative estimate of drug-likeness (QED) is 0.844. The molecule has 0 aliphatic heterocycles. The summed E-state index contributed by atoms with van der Waals surface area (Å²) in [6, 6.07) is 10.7. The zero-order valence-electron chi connectivity index (χ0n) is 10.9. The van der Waals surface area contributed by atoms with Crippen molar-refractivity contribution >= 4 is 0 Å². The summed E-state index contributed by atoms with van der Waals surface area (Å²) in [4.78, 5) is 2.16. The van der Waals surface area contributed by atoms with Crippen molar-refractivity contribution in [3.05, 3.63) is 35.4 Å². The van der Waals surface area contributed by atoms with E-state index in [9.17, 15) is 0 Å². The first-order valence-electron chi connectivity index (χ1n) is 5.95. The van der Waals surface area contributed by atoms with Crippen molar-refractivity contribution in [3.8, 4) is 6.07 Å². The number of nitriles is 1. The molecule has 0 bridgehead atoms. The summed E-state index contributed by atoms with van der Waals surface area (Å²) in [5.41, 5.74) is 8.37. The zero-order valence-corrected chi connectivity index (χ0v) is 10.9. The third-order valence-corrected chi connectivity index (χ3v) is 3.09. The van der Waals surface area contributed by atoms with Crippen molar-refractivity contribution in [2.75, 3.05) is 20.1 Å². The highest BCUT2D eigenvalue weighted by Gasteiger charge is 2.18. The van der Waals surface area contributed by atoms with Gasteiger partial charge in [-0.2, -0.15) is 5.26 Å². The smallest absolute Gasteiger partial charge is 0.0666 e. The van der Waals surface area contributed by atoms with Crippen molar-refractivity contribution in [2.45, 2.75) is 19.9 Å². The molecule has 0 saturated carbocycles. The fourth-order valence-electron chi connectivity index (χ4n) is 2.11. The van der Waals surface area contributed by atoms with E-state index in [1.165, 1.54) is 11.1 Å². The third kappa shape index (κ3) is 3.55. The first-order chi connectivity index (χ1) is 8.10. The fourth-order valence-corrected chi connectivity index (χ4v) is 2.11. The highest BCUT2D eigenvalue weighted by Crippen LogP contribution is 2.22. The van der Waals surface area contributed by atoms with E-state index < -0.39 is 0 Å².